The van der Waals surface area contributed by atoms with Gasteiger partial charge in [0.15, 0.2) is 0 Å². The van der Waals surface area contributed by atoms with Crippen molar-refractivity contribution in [3.8, 4) is 0 Å². The van der Waals surface area contributed by atoms with Crippen molar-refractivity contribution in [2.75, 3.05) is 19.8 Å². The minimum absolute atomic E-state index is 0.334. The summed E-state index contributed by atoms with van der Waals surface area (Å²) in [6.45, 7) is 5.11. The van der Waals surface area contributed by atoms with Crippen LogP contribution in [0.1, 0.15) is 30.8 Å². The molecule has 4 heteroatoms. The highest BCUT2D eigenvalue weighted by Crippen LogP contribution is 2.26. The number of fused-ring (bicyclic) bond motifs is 1. The first kappa shape index (κ1) is 13.0. The fraction of sp³-hybridized carbons (Fsp3) is 0.533. The molecular weight excluding hydrogens is 256 g/mol. The van der Waals surface area contributed by atoms with E-state index in [-0.39, 0.29) is 0 Å². The Morgan fingerprint density at radius 1 is 1.37 bits per heavy atom. The summed E-state index contributed by atoms with van der Waals surface area (Å²) in [6, 6.07) is 8.68. The molecule has 1 N–H and O–H groups in total. The van der Waals surface area contributed by atoms with E-state index in [1.54, 1.807) is 11.3 Å². The fourth-order valence-corrected chi connectivity index (χ4v) is 3.45. The van der Waals surface area contributed by atoms with Crippen molar-refractivity contribution in [2.24, 2.45) is 5.92 Å². The van der Waals surface area contributed by atoms with Gasteiger partial charge in [0, 0.05) is 13.2 Å². The summed E-state index contributed by atoms with van der Waals surface area (Å²) in [7, 11) is 0. The summed E-state index contributed by atoms with van der Waals surface area (Å²) in [5.74, 6) is 0.755. The number of rotatable bonds is 4. The van der Waals surface area contributed by atoms with E-state index < -0.39 is 0 Å². The molecule has 1 fully saturated rings. The molecule has 0 aliphatic carbocycles. The van der Waals surface area contributed by atoms with Crippen molar-refractivity contribution in [1.82, 2.24) is 10.3 Å². The Hall–Kier alpha value is -0.970. The van der Waals surface area contributed by atoms with Crippen molar-refractivity contribution in [1.29, 1.82) is 0 Å². The number of ether oxygens (including phenoxy) is 1. The molecule has 1 aromatic heterocycles. The van der Waals surface area contributed by atoms with Crippen LogP contribution in [0.4, 0.5) is 0 Å². The maximum atomic E-state index is 5.39. The van der Waals surface area contributed by atoms with Crippen LogP contribution in [-0.2, 0) is 4.74 Å². The average Bonchev–Trinajstić information content (AvgIpc) is 2.90. The highest BCUT2D eigenvalue weighted by atomic mass is 32.1. The van der Waals surface area contributed by atoms with Crippen molar-refractivity contribution in [2.45, 2.75) is 25.8 Å². The standard InChI is InChI=1S/C15H20N2OS/c1-11(16-10-12-6-8-18-9-7-12)15-17-13-4-2-3-5-14(13)19-15/h2-5,11-12,16H,6-10H2,1H3. The number of benzene rings is 1. The molecule has 1 unspecified atom stereocenters. The Kier molecular flexibility index (Phi) is 4.11. The lowest BCUT2D eigenvalue weighted by Crippen LogP contribution is -2.29. The molecule has 2 aromatic rings. The molecule has 1 atom stereocenters. The van der Waals surface area contributed by atoms with Crippen LogP contribution >= 0.6 is 11.3 Å². The second-order valence-corrected chi connectivity index (χ2v) is 6.27. The van der Waals surface area contributed by atoms with E-state index in [0.29, 0.717) is 6.04 Å². The van der Waals surface area contributed by atoms with Crippen molar-refractivity contribution in [3.05, 3.63) is 29.3 Å². The largest absolute Gasteiger partial charge is 0.381 e. The van der Waals surface area contributed by atoms with Gasteiger partial charge in [0.2, 0.25) is 0 Å². The molecule has 19 heavy (non-hydrogen) atoms. The molecule has 2 heterocycles. The molecule has 1 aliphatic rings. The smallest absolute Gasteiger partial charge is 0.111 e. The van der Waals surface area contributed by atoms with Gasteiger partial charge in [0.25, 0.3) is 0 Å². The van der Waals surface area contributed by atoms with Gasteiger partial charge in [0.1, 0.15) is 5.01 Å². The van der Waals surface area contributed by atoms with E-state index in [2.05, 4.69) is 30.4 Å². The Labute approximate surface area is 118 Å². The maximum absolute atomic E-state index is 5.39. The lowest BCUT2D eigenvalue weighted by Gasteiger charge is -2.23. The van der Waals surface area contributed by atoms with Crippen LogP contribution in [0.15, 0.2) is 24.3 Å². The first-order valence-electron chi connectivity index (χ1n) is 6.99. The molecule has 102 valence electrons. The van der Waals surface area contributed by atoms with Crippen LogP contribution in [0.5, 0.6) is 0 Å². The molecule has 0 amide bonds. The molecule has 3 nitrogen and oxygen atoms in total. The normalized spacial score (nSPS) is 18.8. The number of thiazole rings is 1. The SMILES string of the molecule is CC(NCC1CCOCC1)c1nc2ccccc2s1. The molecular formula is C15H20N2OS. The summed E-state index contributed by atoms with van der Waals surface area (Å²) >= 11 is 1.79. The van der Waals surface area contributed by atoms with Crippen LogP contribution in [0.3, 0.4) is 0 Å². The van der Waals surface area contributed by atoms with Crippen LogP contribution in [0.2, 0.25) is 0 Å². The number of aromatic nitrogens is 1. The van der Waals surface area contributed by atoms with E-state index >= 15 is 0 Å². The van der Waals surface area contributed by atoms with Gasteiger partial charge in [-0.05, 0) is 44.4 Å². The molecule has 1 aromatic carbocycles. The predicted molar refractivity (Wildman–Crippen MR) is 79.6 cm³/mol. The second kappa shape index (κ2) is 5.99. The van der Waals surface area contributed by atoms with Crippen LogP contribution in [-0.4, -0.2) is 24.7 Å². The number of para-hydroxylation sites is 1. The van der Waals surface area contributed by atoms with E-state index in [9.17, 15) is 0 Å². The number of hydrogen-bond acceptors (Lipinski definition) is 4. The summed E-state index contributed by atoms with van der Waals surface area (Å²) in [6.07, 6.45) is 2.36. The summed E-state index contributed by atoms with van der Waals surface area (Å²) in [4.78, 5) is 4.71. The molecule has 0 radical (unpaired) electrons. The highest BCUT2D eigenvalue weighted by molar-refractivity contribution is 7.18. The molecule has 1 aliphatic heterocycles. The quantitative estimate of drug-likeness (QED) is 0.929. The minimum atomic E-state index is 0.334. The van der Waals surface area contributed by atoms with Gasteiger partial charge in [-0.1, -0.05) is 12.1 Å². The average molecular weight is 276 g/mol. The van der Waals surface area contributed by atoms with Crippen LogP contribution in [0, 0.1) is 5.92 Å². The Morgan fingerprint density at radius 3 is 2.95 bits per heavy atom. The minimum Gasteiger partial charge on any atom is -0.381 e. The second-order valence-electron chi connectivity index (χ2n) is 5.21. The van der Waals surface area contributed by atoms with Crippen molar-refractivity contribution < 1.29 is 4.74 Å². The van der Waals surface area contributed by atoms with Gasteiger partial charge in [-0.25, -0.2) is 4.98 Å². The third kappa shape index (κ3) is 3.14. The third-order valence-corrected chi connectivity index (χ3v) is 4.95. The summed E-state index contributed by atoms with van der Waals surface area (Å²) < 4.78 is 6.67. The molecule has 3 rings (SSSR count). The van der Waals surface area contributed by atoms with Gasteiger partial charge in [-0.2, -0.15) is 0 Å². The summed E-state index contributed by atoms with van der Waals surface area (Å²) in [5, 5.41) is 4.81. The fourth-order valence-electron chi connectivity index (χ4n) is 2.46. The van der Waals surface area contributed by atoms with Gasteiger partial charge in [0.05, 0.1) is 16.3 Å². The maximum Gasteiger partial charge on any atom is 0.111 e. The first-order valence-corrected chi connectivity index (χ1v) is 7.81. The Balaban J connectivity index is 1.61. The third-order valence-electron chi connectivity index (χ3n) is 3.73. The lowest BCUT2D eigenvalue weighted by atomic mass is 10.0. The Bertz CT molecular complexity index is 501. The predicted octanol–water partition coefficient (Wildman–Crippen LogP) is 3.37. The number of nitrogens with one attached hydrogen (secondary N) is 1. The zero-order valence-corrected chi connectivity index (χ0v) is 12.1. The van der Waals surface area contributed by atoms with E-state index in [1.165, 1.54) is 22.5 Å². The van der Waals surface area contributed by atoms with Gasteiger partial charge < -0.3 is 10.1 Å². The van der Waals surface area contributed by atoms with Crippen LogP contribution < -0.4 is 5.32 Å². The van der Waals surface area contributed by atoms with Crippen molar-refractivity contribution in [3.63, 3.8) is 0 Å². The van der Waals surface area contributed by atoms with Crippen LogP contribution in [0.25, 0.3) is 10.2 Å². The topological polar surface area (TPSA) is 34.1 Å². The molecule has 0 bridgehead atoms. The summed E-state index contributed by atoms with van der Waals surface area (Å²) in [5.41, 5.74) is 1.11. The van der Waals surface area contributed by atoms with E-state index in [0.717, 1.165) is 31.2 Å². The molecule has 1 saturated heterocycles. The number of nitrogens with zero attached hydrogens (tertiary/aromatic N) is 1. The molecule has 0 spiro atoms. The van der Waals surface area contributed by atoms with Gasteiger partial charge in [-0.15, -0.1) is 11.3 Å². The van der Waals surface area contributed by atoms with Crippen molar-refractivity contribution >= 4 is 21.6 Å². The molecule has 0 saturated carbocycles. The van der Waals surface area contributed by atoms with E-state index in [1.807, 2.05) is 6.07 Å². The number of hydrogen-bond donors (Lipinski definition) is 1. The van der Waals surface area contributed by atoms with E-state index in [4.69, 9.17) is 9.72 Å². The van der Waals surface area contributed by atoms with Gasteiger partial charge in [-0.3, -0.25) is 0 Å². The first-order chi connectivity index (χ1) is 9.33. The Morgan fingerprint density at radius 2 is 2.16 bits per heavy atom. The zero-order chi connectivity index (χ0) is 13.1. The van der Waals surface area contributed by atoms with Gasteiger partial charge >= 0.3 is 0 Å². The monoisotopic (exact) mass is 276 g/mol. The highest BCUT2D eigenvalue weighted by Gasteiger charge is 2.16. The lowest BCUT2D eigenvalue weighted by molar-refractivity contribution is 0.0656. The zero-order valence-electron chi connectivity index (χ0n) is 11.3.